The summed E-state index contributed by atoms with van der Waals surface area (Å²) in [6.45, 7) is 0.0497. The zero-order valence-electron chi connectivity index (χ0n) is 14.9. The van der Waals surface area contributed by atoms with E-state index in [0.29, 0.717) is 27.9 Å². The van der Waals surface area contributed by atoms with Gasteiger partial charge in [-0.15, -0.1) is 0 Å². The van der Waals surface area contributed by atoms with Crippen molar-refractivity contribution in [3.8, 4) is 28.4 Å². The number of nitrogens with zero attached hydrogens (tertiary/aromatic N) is 4. The molecule has 7 nitrogen and oxygen atoms in total. The lowest BCUT2D eigenvalue weighted by Crippen LogP contribution is -2.23. The van der Waals surface area contributed by atoms with Crippen molar-refractivity contribution in [1.29, 1.82) is 0 Å². The first-order valence-electron chi connectivity index (χ1n) is 8.44. The normalized spacial score (nSPS) is 10.8. The standard InChI is InChI=1S/C20H15ClN4O3/c1-27-14-6-4-5-13(11-14)17-9-10-19(26)25(23-17)12-18-22-20(24-28-18)15-7-2-3-8-16(15)21/h2-11H,12H2,1H3. The Kier molecular flexibility index (Phi) is 4.90. The van der Waals surface area contributed by atoms with Crippen molar-refractivity contribution in [2.45, 2.75) is 6.54 Å². The Morgan fingerprint density at radius 3 is 2.79 bits per heavy atom. The SMILES string of the molecule is COc1cccc(-c2ccc(=O)n(Cc3nc(-c4ccccc4Cl)no3)n2)c1. The zero-order chi connectivity index (χ0) is 19.5. The van der Waals surface area contributed by atoms with Crippen LogP contribution in [0.1, 0.15) is 5.89 Å². The molecule has 0 aliphatic rings. The molecule has 28 heavy (non-hydrogen) atoms. The first-order valence-corrected chi connectivity index (χ1v) is 8.82. The van der Waals surface area contributed by atoms with E-state index in [1.807, 2.05) is 36.4 Å². The first kappa shape index (κ1) is 17.9. The minimum absolute atomic E-state index is 0.0497. The van der Waals surface area contributed by atoms with Gasteiger partial charge in [0, 0.05) is 17.2 Å². The molecule has 4 aromatic rings. The van der Waals surface area contributed by atoms with Crippen molar-refractivity contribution < 1.29 is 9.26 Å². The molecule has 0 amide bonds. The molecule has 2 aromatic carbocycles. The number of benzene rings is 2. The maximum atomic E-state index is 12.2. The van der Waals surface area contributed by atoms with Crippen LogP contribution in [-0.2, 0) is 6.54 Å². The van der Waals surface area contributed by atoms with Gasteiger partial charge in [0.05, 0.1) is 17.8 Å². The molecule has 0 saturated heterocycles. The molecule has 0 aliphatic carbocycles. The summed E-state index contributed by atoms with van der Waals surface area (Å²) >= 11 is 6.17. The van der Waals surface area contributed by atoms with Crippen LogP contribution < -0.4 is 10.3 Å². The molecule has 8 heteroatoms. The number of hydrogen-bond acceptors (Lipinski definition) is 6. The third-order valence-electron chi connectivity index (χ3n) is 4.10. The summed E-state index contributed by atoms with van der Waals surface area (Å²) < 4.78 is 11.8. The third-order valence-corrected chi connectivity index (χ3v) is 4.43. The highest BCUT2D eigenvalue weighted by atomic mass is 35.5. The Morgan fingerprint density at radius 1 is 1.11 bits per heavy atom. The number of hydrogen-bond donors (Lipinski definition) is 0. The largest absolute Gasteiger partial charge is 0.497 e. The number of aromatic nitrogens is 4. The van der Waals surface area contributed by atoms with Crippen LogP contribution in [0.25, 0.3) is 22.6 Å². The molecule has 2 aromatic heterocycles. The van der Waals surface area contributed by atoms with Crippen LogP contribution in [0.15, 0.2) is 70.0 Å². The van der Waals surface area contributed by atoms with Crippen molar-refractivity contribution >= 4 is 11.6 Å². The fourth-order valence-electron chi connectivity index (χ4n) is 2.70. The Bertz CT molecular complexity index is 1190. The lowest BCUT2D eigenvalue weighted by molar-refractivity contribution is 0.363. The maximum Gasteiger partial charge on any atom is 0.267 e. The van der Waals surface area contributed by atoms with Gasteiger partial charge in [0.25, 0.3) is 5.56 Å². The first-order chi connectivity index (χ1) is 13.6. The van der Waals surface area contributed by atoms with Gasteiger partial charge in [-0.1, -0.05) is 41.0 Å². The highest BCUT2D eigenvalue weighted by Crippen LogP contribution is 2.25. The van der Waals surface area contributed by atoms with Gasteiger partial charge >= 0.3 is 0 Å². The number of methoxy groups -OCH3 is 1. The van der Waals surface area contributed by atoms with Crippen molar-refractivity contribution in [3.63, 3.8) is 0 Å². The summed E-state index contributed by atoms with van der Waals surface area (Å²) in [4.78, 5) is 16.6. The summed E-state index contributed by atoms with van der Waals surface area (Å²) in [6, 6.07) is 17.8. The Morgan fingerprint density at radius 2 is 1.96 bits per heavy atom. The molecule has 0 spiro atoms. The van der Waals surface area contributed by atoms with E-state index in [2.05, 4.69) is 15.2 Å². The van der Waals surface area contributed by atoms with Gasteiger partial charge in [0.15, 0.2) is 0 Å². The molecule has 0 unspecified atom stereocenters. The molecule has 0 fully saturated rings. The van der Waals surface area contributed by atoms with E-state index in [1.165, 1.54) is 10.7 Å². The molecule has 0 radical (unpaired) electrons. The van der Waals surface area contributed by atoms with Crippen LogP contribution in [-0.4, -0.2) is 27.0 Å². The molecule has 0 saturated carbocycles. The van der Waals surface area contributed by atoms with Gasteiger partial charge in [-0.25, -0.2) is 4.68 Å². The third kappa shape index (κ3) is 3.65. The topological polar surface area (TPSA) is 83.0 Å². The second-order valence-electron chi connectivity index (χ2n) is 5.94. The van der Waals surface area contributed by atoms with E-state index in [1.54, 1.807) is 25.3 Å². The monoisotopic (exact) mass is 394 g/mol. The Balaban J connectivity index is 1.64. The second-order valence-corrected chi connectivity index (χ2v) is 6.35. The quantitative estimate of drug-likeness (QED) is 0.513. The predicted molar refractivity (Wildman–Crippen MR) is 104 cm³/mol. The molecule has 2 heterocycles. The van der Waals surface area contributed by atoms with E-state index in [0.717, 1.165) is 5.56 Å². The molecular formula is C20H15ClN4O3. The van der Waals surface area contributed by atoms with Gasteiger partial charge in [-0.05, 0) is 30.3 Å². The van der Waals surface area contributed by atoms with Gasteiger partial charge in [0.1, 0.15) is 12.3 Å². The molecule has 140 valence electrons. The second kappa shape index (κ2) is 7.66. The van der Waals surface area contributed by atoms with Gasteiger partial charge < -0.3 is 9.26 Å². The van der Waals surface area contributed by atoms with Crippen LogP contribution >= 0.6 is 11.6 Å². The average molecular weight is 395 g/mol. The minimum atomic E-state index is -0.274. The number of halogens is 1. The summed E-state index contributed by atoms with van der Waals surface area (Å²) in [6.07, 6.45) is 0. The van der Waals surface area contributed by atoms with Gasteiger partial charge in [0.2, 0.25) is 11.7 Å². The predicted octanol–water partition coefficient (Wildman–Crippen LogP) is 3.67. The minimum Gasteiger partial charge on any atom is -0.497 e. The zero-order valence-corrected chi connectivity index (χ0v) is 15.6. The summed E-state index contributed by atoms with van der Waals surface area (Å²) in [5.74, 6) is 1.32. The van der Waals surface area contributed by atoms with Crippen molar-refractivity contribution in [2.75, 3.05) is 7.11 Å². The average Bonchev–Trinajstić information content (AvgIpc) is 3.18. The number of ether oxygens (including phenoxy) is 1. The van der Waals surface area contributed by atoms with E-state index in [9.17, 15) is 4.79 Å². The van der Waals surface area contributed by atoms with Crippen LogP contribution in [0.2, 0.25) is 5.02 Å². The van der Waals surface area contributed by atoms with E-state index < -0.39 is 0 Å². The van der Waals surface area contributed by atoms with E-state index >= 15 is 0 Å². The summed E-state index contributed by atoms with van der Waals surface area (Å²) in [7, 11) is 1.60. The Hall–Kier alpha value is -3.45. The molecule has 0 bridgehead atoms. The summed E-state index contributed by atoms with van der Waals surface area (Å²) in [5, 5.41) is 8.87. The molecule has 0 aliphatic heterocycles. The lowest BCUT2D eigenvalue weighted by atomic mass is 10.1. The fraction of sp³-hybridized carbons (Fsp3) is 0.100. The Labute approximate surface area is 165 Å². The van der Waals surface area contributed by atoms with Crippen molar-refractivity contribution in [3.05, 3.63) is 81.9 Å². The van der Waals surface area contributed by atoms with Gasteiger partial charge in [-0.3, -0.25) is 4.79 Å². The lowest BCUT2D eigenvalue weighted by Gasteiger charge is -2.06. The smallest absolute Gasteiger partial charge is 0.267 e. The van der Waals surface area contributed by atoms with Crippen LogP contribution in [0, 0.1) is 0 Å². The highest BCUT2D eigenvalue weighted by molar-refractivity contribution is 6.33. The van der Waals surface area contributed by atoms with Crippen molar-refractivity contribution in [1.82, 2.24) is 19.9 Å². The molecule has 0 N–H and O–H groups in total. The van der Waals surface area contributed by atoms with Crippen LogP contribution in [0.5, 0.6) is 5.75 Å². The van der Waals surface area contributed by atoms with E-state index in [-0.39, 0.29) is 18.0 Å². The van der Waals surface area contributed by atoms with Crippen molar-refractivity contribution in [2.24, 2.45) is 0 Å². The van der Waals surface area contributed by atoms with Crippen LogP contribution in [0.4, 0.5) is 0 Å². The van der Waals surface area contributed by atoms with Gasteiger partial charge in [-0.2, -0.15) is 10.1 Å². The van der Waals surface area contributed by atoms with Crippen LogP contribution in [0.3, 0.4) is 0 Å². The van der Waals surface area contributed by atoms with E-state index in [4.69, 9.17) is 20.9 Å². The maximum absolute atomic E-state index is 12.2. The molecular weight excluding hydrogens is 380 g/mol. The molecule has 4 rings (SSSR count). The molecule has 0 atom stereocenters. The fourth-order valence-corrected chi connectivity index (χ4v) is 2.92. The number of rotatable bonds is 5. The summed E-state index contributed by atoms with van der Waals surface area (Å²) in [5.41, 5.74) is 1.84. The highest BCUT2D eigenvalue weighted by Gasteiger charge is 2.13.